The number of aromatic nitrogens is 1. The molecular formula is C20H23N2+. The Morgan fingerprint density at radius 1 is 0.773 bits per heavy atom. The number of anilines is 2. The molecule has 2 heteroatoms. The lowest BCUT2D eigenvalue weighted by atomic mass is 10.0. The van der Waals surface area contributed by atoms with Crippen LogP contribution in [-0.2, 0) is 0 Å². The highest BCUT2D eigenvalue weighted by Gasteiger charge is 2.13. The van der Waals surface area contributed by atoms with Crippen molar-refractivity contribution < 1.29 is 4.98 Å². The van der Waals surface area contributed by atoms with Crippen molar-refractivity contribution >= 4 is 22.3 Å². The predicted molar refractivity (Wildman–Crippen MR) is 93.9 cm³/mol. The Bertz CT molecular complexity index is 863. The van der Waals surface area contributed by atoms with Gasteiger partial charge in [0, 0.05) is 24.2 Å². The normalized spacial score (nSPS) is 11.0. The molecule has 1 heterocycles. The van der Waals surface area contributed by atoms with Crippen LogP contribution in [0.15, 0.2) is 36.4 Å². The molecule has 0 amide bonds. The number of benzene rings is 2. The van der Waals surface area contributed by atoms with E-state index in [1.165, 1.54) is 33.2 Å². The molecule has 0 spiro atoms. The van der Waals surface area contributed by atoms with E-state index < -0.39 is 0 Å². The molecule has 0 saturated carbocycles. The molecule has 2 N–H and O–H groups in total. The van der Waals surface area contributed by atoms with Crippen LogP contribution in [0.4, 0.5) is 11.4 Å². The van der Waals surface area contributed by atoms with Crippen molar-refractivity contribution in [1.82, 2.24) is 0 Å². The molecular weight excluding hydrogens is 268 g/mol. The SMILES string of the molecule is Cc1ccc(Nc2cc(C)[nH+]c3c(C)c(C)ccc23)c(C)c1. The van der Waals surface area contributed by atoms with E-state index in [9.17, 15) is 0 Å². The molecule has 3 rings (SSSR count). The summed E-state index contributed by atoms with van der Waals surface area (Å²) in [5.41, 5.74) is 9.87. The highest BCUT2D eigenvalue weighted by atomic mass is 14.9. The van der Waals surface area contributed by atoms with Gasteiger partial charge in [-0.1, -0.05) is 23.8 Å². The number of H-pyrrole nitrogens is 1. The highest BCUT2D eigenvalue weighted by Crippen LogP contribution is 2.29. The first kappa shape index (κ1) is 14.6. The zero-order valence-corrected chi connectivity index (χ0v) is 14.0. The summed E-state index contributed by atoms with van der Waals surface area (Å²) in [7, 11) is 0. The minimum atomic E-state index is 1.15. The topological polar surface area (TPSA) is 26.2 Å². The maximum atomic E-state index is 3.61. The van der Waals surface area contributed by atoms with Crippen LogP contribution in [0.1, 0.15) is 27.9 Å². The molecule has 2 nitrogen and oxygen atoms in total. The summed E-state index contributed by atoms with van der Waals surface area (Å²) in [5, 5.41) is 4.84. The van der Waals surface area contributed by atoms with Crippen molar-refractivity contribution in [3.8, 4) is 0 Å². The molecule has 0 bridgehead atoms. The van der Waals surface area contributed by atoms with Crippen LogP contribution < -0.4 is 10.3 Å². The third-order valence-corrected chi connectivity index (χ3v) is 4.36. The molecule has 0 atom stereocenters. The summed E-state index contributed by atoms with van der Waals surface area (Å²) in [6.07, 6.45) is 0. The van der Waals surface area contributed by atoms with Crippen LogP contribution >= 0.6 is 0 Å². The predicted octanol–water partition coefficient (Wildman–Crippen LogP) is 4.94. The second-order valence-corrected chi connectivity index (χ2v) is 6.24. The summed E-state index contributed by atoms with van der Waals surface area (Å²) in [6, 6.07) is 13.1. The summed E-state index contributed by atoms with van der Waals surface area (Å²) >= 11 is 0. The van der Waals surface area contributed by atoms with Crippen LogP contribution in [0.5, 0.6) is 0 Å². The number of aromatic amines is 1. The number of hydrogen-bond acceptors (Lipinski definition) is 1. The van der Waals surface area contributed by atoms with Crippen LogP contribution in [0.3, 0.4) is 0 Å². The van der Waals surface area contributed by atoms with E-state index in [1.807, 2.05) is 0 Å². The van der Waals surface area contributed by atoms with E-state index in [-0.39, 0.29) is 0 Å². The van der Waals surface area contributed by atoms with Crippen LogP contribution in [-0.4, -0.2) is 0 Å². The maximum absolute atomic E-state index is 3.61. The zero-order valence-electron chi connectivity index (χ0n) is 14.0. The molecule has 0 unspecified atom stereocenters. The highest BCUT2D eigenvalue weighted by molar-refractivity contribution is 5.93. The van der Waals surface area contributed by atoms with Crippen molar-refractivity contribution in [3.05, 3.63) is 64.3 Å². The van der Waals surface area contributed by atoms with Gasteiger partial charge in [0.15, 0.2) is 5.69 Å². The number of hydrogen-bond donors (Lipinski definition) is 1. The fourth-order valence-corrected chi connectivity index (χ4v) is 2.93. The van der Waals surface area contributed by atoms with Crippen LogP contribution in [0.25, 0.3) is 10.9 Å². The molecule has 0 aliphatic carbocycles. The Hall–Kier alpha value is -2.35. The first-order valence-corrected chi connectivity index (χ1v) is 7.73. The Morgan fingerprint density at radius 2 is 1.55 bits per heavy atom. The van der Waals surface area contributed by atoms with Gasteiger partial charge < -0.3 is 5.32 Å². The van der Waals surface area contributed by atoms with Gasteiger partial charge >= 0.3 is 0 Å². The molecule has 22 heavy (non-hydrogen) atoms. The van der Waals surface area contributed by atoms with Gasteiger partial charge in [0.2, 0.25) is 5.52 Å². The first-order chi connectivity index (χ1) is 10.5. The van der Waals surface area contributed by atoms with Gasteiger partial charge in [-0.05, 0) is 51.0 Å². The largest absolute Gasteiger partial charge is 0.354 e. The van der Waals surface area contributed by atoms with Crippen molar-refractivity contribution in [3.63, 3.8) is 0 Å². The Labute approximate surface area is 132 Å². The Morgan fingerprint density at radius 3 is 2.27 bits per heavy atom. The molecule has 0 fully saturated rings. The fraction of sp³-hybridized carbons (Fsp3) is 0.250. The van der Waals surface area contributed by atoms with Gasteiger partial charge in [0.1, 0.15) is 0 Å². The monoisotopic (exact) mass is 291 g/mol. The lowest BCUT2D eigenvalue weighted by molar-refractivity contribution is -0.354. The van der Waals surface area contributed by atoms with Gasteiger partial charge in [0.25, 0.3) is 0 Å². The van der Waals surface area contributed by atoms with Gasteiger partial charge in [0.05, 0.1) is 11.1 Å². The number of nitrogens with one attached hydrogen (secondary N) is 2. The number of pyridine rings is 1. The summed E-state index contributed by atoms with van der Waals surface area (Å²) in [4.78, 5) is 3.51. The molecule has 3 aromatic rings. The molecule has 2 aromatic carbocycles. The van der Waals surface area contributed by atoms with Crippen molar-refractivity contribution in [2.24, 2.45) is 0 Å². The number of rotatable bonds is 2. The molecule has 0 saturated heterocycles. The summed E-state index contributed by atoms with van der Waals surface area (Å²) < 4.78 is 0. The minimum absolute atomic E-state index is 1.15. The van der Waals surface area contributed by atoms with E-state index in [1.54, 1.807) is 0 Å². The number of fused-ring (bicyclic) bond motifs is 1. The Balaban J connectivity index is 2.16. The third kappa shape index (κ3) is 2.57. The van der Waals surface area contributed by atoms with Gasteiger partial charge in [-0.3, -0.25) is 0 Å². The Kier molecular flexibility index (Phi) is 3.61. The molecule has 112 valence electrons. The quantitative estimate of drug-likeness (QED) is 0.711. The van der Waals surface area contributed by atoms with Gasteiger partial charge in [-0.25, -0.2) is 4.98 Å². The van der Waals surface area contributed by atoms with E-state index in [4.69, 9.17) is 0 Å². The first-order valence-electron chi connectivity index (χ1n) is 7.73. The molecule has 0 aliphatic heterocycles. The smallest absolute Gasteiger partial charge is 0.216 e. The van der Waals surface area contributed by atoms with Gasteiger partial charge in [-0.15, -0.1) is 0 Å². The van der Waals surface area contributed by atoms with Crippen molar-refractivity contribution in [2.75, 3.05) is 5.32 Å². The maximum Gasteiger partial charge on any atom is 0.216 e. The third-order valence-electron chi connectivity index (χ3n) is 4.36. The minimum Gasteiger partial charge on any atom is -0.354 e. The second-order valence-electron chi connectivity index (χ2n) is 6.24. The summed E-state index contributed by atoms with van der Waals surface area (Å²) in [6.45, 7) is 10.7. The average molecular weight is 291 g/mol. The van der Waals surface area contributed by atoms with Crippen molar-refractivity contribution in [1.29, 1.82) is 0 Å². The van der Waals surface area contributed by atoms with E-state index in [0.29, 0.717) is 0 Å². The van der Waals surface area contributed by atoms with Crippen LogP contribution in [0.2, 0.25) is 0 Å². The van der Waals surface area contributed by atoms with E-state index >= 15 is 0 Å². The molecule has 0 radical (unpaired) electrons. The lowest BCUT2D eigenvalue weighted by Crippen LogP contribution is -2.12. The number of aryl methyl sites for hydroxylation is 5. The zero-order chi connectivity index (χ0) is 15.9. The van der Waals surface area contributed by atoms with Gasteiger partial charge in [-0.2, -0.15) is 0 Å². The van der Waals surface area contributed by atoms with Crippen LogP contribution in [0, 0.1) is 34.6 Å². The second kappa shape index (κ2) is 5.45. The fourth-order valence-electron chi connectivity index (χ4n) is 2.93. The van der Waals surface area contributed by atoms with E-state index in [0.717, 1.165) is 17.1 Å². The van der Waals surface area contributed by atoms with Crippen molar-refractivity contribution in [2.45, 2.75) is 34.6 Å². The lowest BCUT2D eigenvalue weighted by Gasteiger charge is -2.12. The summed E-state index contributed by atoms with van der Waals surface area (Å²) in [5.74, 6) is 0. The van der Waals surface area contributed by atoms with E-state index in [2.05, 4.69) is 81.3 Å². The standard InChI is InChI=1S/C20H22N2/c1-12-6-9-18(14(3)10-12)22-19-11-15(4)21-20-16(5)13(2)7-8-17(19)20/h6-11H,1-5H3,(H,21,22)/p+1. The average Bonchev–Trinajstić information content (AvgIpc) is 2.46. The molecule has 1 aromatic heterocycles. The molecule has 0 aliphatic rings.